The molecule has 2 amide bonds. The number of carbonyl (C=O) groups excluding carboxylic acids is 1. The summed E-state index contributed by atoms with van der Waals surface area (Å²) in [7, 11) is 3.26. The zero-order valence-corrected chi connectivity index (χ0v) is 10.5. The Hall–Kier alpha value is -1.30. The van der Waals surface area contributed by atoms with E-state index in [2.05, 4.69) is 0 Å². The van der Waals surface area contributed by atoms with Crippen LogP contribution in [0.1, 0.15) is 13.3 Å². The second-order valence-electron chi connectivity index (χ2n) is 4.49. The number of amides is 2. The van der Waals surface area contributed by atoms with E-state index in [1.165, 1.54) is 4.90 Å². The molecular weight excluding hydrogens is 224 g/mol. The zero-order valence-electron chi connectivity index (χ0n) is 10.5. The third kappa shape index (κ3) is 3.59. The standard InChI is InChI=1S/C11H20N2O4/c1-8(10(14)15)6-12(2)11(16)13-5-4-9(7-13)17-3/h8-9H,4-7H2,1-3H3,(H,14,15). The van der Waals surface area contributed by atoms with Gasteiger partial charge >= 0.3 is 12.0 Å². The Morgan fingerprint density at radius 3 is 2.71 bits per heavy atom. The maximum Gasteiger partial charge on any atom is 0.319 e. The normalized spacial score (nSPS) is 21.4. The largest absolute Gasteiger partial charge is 0.481 e. The lowest BCUT2D eigenvalue weighted by atomic mass is 10.2. The quantitative estimate of drug-likeness (QED) is 0.781. The highest BCUT2D eigenvalue weighted by molar-refractivity contribution is 5.76. The highest BCUT2D eigenvalue weighted by atomic mass is 16.5. The molecular formula is C11H20N2O4. The number of urea groups is 1. The van der Waals surface area contributed by atoms with Crippen molar-refractivity contribution in [2.45, 2.75) is 19.4 Å². The Labute approximate surface area is 101 Å². The minimum absolute atomic E-state index is 0.101. The predicted octanol–water partition coefficient (Wildman–Crippen LogP) is 0.480. The van der Waals surface area contributed by atoms with Crippen molar-refractivity contribution in [3.8, 4) is 0 Å². The Balaban J connectivity index is 2.44. The highest BCUT2D eigenvalue weighted by Crippen LogP contribution is 2.14. The number of likely N-dealkylation sites (tertiary alicyclic amines) is 1. The number of hydrogen-bond acceptors (Lipinski definition) is 3. The summed E-state index contributed by atoms with van der Waals surface area (Å²) in [6, 6.07) is -0.127. The molecule has 17 heavy (non-hydrogen) atoms. The molecule has 0 spiro atoms. The third-order valence-corrected chi connectivity index (χ3v) is 3.04. The fourth-order valence-electron chi connectivity index (χ4n) is 1.90. The van der Waals surface area contributed by atoms with Crippen molar-refractivity contribution in [2.24, 2.45) is 5.92 Å². The molecule has 2 unspecified atom stereocenters. The molecule has 0 bridgehead atoms. The molecule has 98 valence electrons. The average Bonchev–Trinajstić information content (AvgIpc) is 2.76. The molecule has 1 aliphatic heterocycles. The van der Waals surface area contributed by atoms with E-state index in [0.29, 0.717) is 13.1 Å². The summed E-state index contributed by atoms with van der Waals surface area (Å²) >= 11 is 0. The fourth-order valence-corrected chi connectivity index (χ4v) is 1.90. The van der Waals surface area contributed by atoms with Crippen molar-refractivity contribution in [2.75, 3.05) is 33.8 Å². The van der Waals surface area contributed by atoms with Crippen LogP contribution in [0, 0.1) is 5.92 Å². The first-order valence-corrected chi connectivity index (χ1v) is 5.71. The second-order valence-corrected chi connectivity index (χ2v) is 4.49. The summed E-state index contributed by atoms with van der Waals surface area (Å²) in [4.78, 5) is 25.8. The molecule has 1 fully saturated rings. The summed E-state index contributed by atoms with van der Waals surface area (Å²) in [6.07, 6.45) is 0.939. The van der Waals surface area contributed by atoms with Crippen molar-refractivity contribution in [1.29, 1.82) is 0 Å². The summed E-state index contributed by atoms with van der Waals surface area (Å²) in [5.41, 5.74) is 0. The van der Waals surface area contributed by atoms with Crippen LogP contribution in [0.3, 0.4) is 0 Å². The molecule has 6 nitrogen and oxygen atoms in total. The second kappa shape index (κ2) is 5.86. The van der Waals surface area contributed by atoms with Crippen molar-refractivity contribution in [1.82, 2.24) is 9.80 Å². The van der Waals surface area contributed by atoms with E-state index in [1.807, 2.05) is 0 Å². The van der Waals surface area contributed by atoms with Crippen LogP contribution in [0.25, 0.3) is 0 Å². The van der Waals surface area contributed by atoms with Gasteiger partial charge < -0.3 is 19.6 Å². The number of carboxylic acid groups (broad SMARTS) is 1. The van der Waals surface area contributed by atoms with Gasteiger partial charge in [-0.1, -0.05) is 6.92 Å². The third-order valence-electron chi connectivity index (χ3n) is 3.04. The van der Waals surface area contributed by atoms with E-state index in [-0.39, 0.29) is 18.7 Å². The molecule has 0 aliphatic carbocycles. The molecule has 6 heteroatoms. The SMILES string of the molecule is COC1CCN(C(=O)N(C)CC(C)C(=O)O)C1. The van der Waals surface area contributed by atoms with E-state index in [1.54, 1.807) is 26.0 Å². The van der Waals surface area contributed by atoms with Crippen LogP contribution in [0.2, 0.25) is 0 Å². The number of methoxy groups -OCH3 is 1. The highest BCUT2D eigenvalue weighted by Gasteiger charge is 2.28. The number of ether oxygens (including phenoxy) is 1. The van der Waals surface area contributed by atoms with Gasteiger partial charge in [0.15, 0.2) is 0 Å². The summed E-state index contributed by atoms with van der Waals surface area (Å²) in [6.45, 7) is 3.07. The number of rotatable bonds is 4. The average molecular weight is 244 g/mol. The maximum absolute atomic E-state index is 12.0. The molecule has 0 aromatic carbocycles. The predicted molar refractivity (Wildman–Crippen MR) is 61.8 cm³/mol. The summed E-state index contributed by atoms with van der Waals surface area (Å²) < 4.78 is 5.18. The smallest absolute Gasteiger partial charge is 0.319 e. The van der Waals surface area contributed by atoms with Crippen LogP contribution >= 0.6 is 0 Å². The van der Waals surface area contributed by atoms with Gasteiger partial charge in [0, 0.05) is 33.8 Å². The number of hydrogen-bond donors (Lipinski definition) is 1. The first-order valence-electron chi connectivity index (χ1n) is 5.71. The van der Waals surface area contributed by atoms with Crippen LogP contribution in [0.5, 0.6) is 0 Å². The van der Waals surface area contributed by atoms with Gasteiger partial charge in [-0.3, -0.25) is 4.79 Å². The number of aliphatic carboxylic acids is 1. The van der Waals surface area contributed by atoms with Crippen LogP contribution in [-0.2, 0) is 9.53 Å². The van der Waals surface area contributed by atoms with Gasteiger partial charge in [-0.2, -0.15) is 0 Å². The van der Waals surface area contributed by atoms with E-state index in [9.17, 15) is 9.59 Å². The van der Waals surface area contributed by atoms with Crippen LogP contribution in [0.15, 0.2) is 0 Å². The Bertz CT molecular complexity index is 295. The lowest BCUT2D eigenvalue weighted by Gasteiger charge is -2.25. The maximum atomic E-state index is 12.0. The van der Waals surface area contributed by atoms with Crippen molar-refractivity contribution in [3.05, 3.63) is 0 Å². The molecule has 1 N–H and O–H groups in total. The first kappa shape index (κ1) is 13.8. The topological polar surface area (TPSA) is 70.1 Å². The lowest BCUT2D eigenvalue weighted by molar-refractivity contribution is -0.141. The molecule has 0 radical (unpaired) electrons. The fraction of sp³-hybridized carbons (Fsp3) is 0.818. The van der Waals surface area contributed by atoms with Crippen LogP contribution in [0.4, 0.5) is 4.79 Å². The molecule has 2 atom stereocenters. The lowest BCUT2D eigenvalue weighted by Crippen LogP contribution is -2.43. The van der Waals surface area contributed by atoms with Gasteiger partial charge in [-0.15, -0.1) is 0 Å². The Morgan fingerprint density at radius 1 is 1.59 bits per heavy atom. The number of carbonyl (C=O) groups is 2. The van der Waals surface area contributed by atoms with E-state index >= 15 is 0 Å². The summed E-state index contributed by atoms with van der Waals surface area (Å²) in [5, 5.41) is 8.79. The summed E-state index contributed by atoms with van der Waals surface area (Å²) in [5.74, 6) is -1.44. The van der Waals surface area contributed by atoms with Gasteiger partial charge in [0.05, 0.1) is 12.0 Å². The van der Waals surface area contributed by atoms with Crippen LogP contribution in [-0.4, -0.2) is 66.8 Å². The first-order chi connectivity index (χ1) is 7.95. The zero-order chi connectivity index (χ0) is 13.0. The van der Waals surface area contributed by atoms with Gasteiger partial charge in [-0.05, 0) is 6.42 Å². The van der Waals surface area contributed by atoms with Crippen molar-refractivity contribution in [3.63, 3.8) is 0 Å². The van der Waals surface area contributed by atoms with Gasteiger partial charge in [0.2, 0.25) is 0 Å². The molecule has 1 aliphatic rings. The molecule has 1 rings (SSSR count). The van der Waals surface area contributed by atoms with E-state index in [4.69, 9.17) is 9.84 Å². The van der Waals surface area contributed by atoms with Gasteiger partial charge in [-0.25, -0.2) is 4.79 Å². The van der Waals surface area contributed by atoms with E-state index < -0.39 is 11.9 Å². The number of carboxylic acids is 1. The van der Waals surface area contributed by atoms with Gasteiger partial charge in [0.25, 0.3) is 0 Å². The monoisotopic (exact) mass is 244 g/mol. The Morgan fingerprint density at radius 2 is 2.24 bits per heavy atom. The number of nitrogens with zero attached hydrogens (tertiary/aromatic N) is 2. The molecule has 1 heterocycles. The van der Waals surface area contributed by atoms with Crippen molar-refractivity contribution < 1.29 is 19.4 Å². The van der Waals surface area contributed by atoms with Crippen molar-refractivity contribution >= 4 is 12.0 Å². The minimum atomic E-state index is -0.888. The molecule has 1 saturated heterocycles. The molecule has 0 saturated carbocycles. The molecule has 0 aromatic heterocycles. The molecule has 0 aromatic rings. The van der Waals surface area contributed by atoms with Crippen LogP contribution < -0.4 is 0 Å². The van der Waals surface area contributed by atoms with Gasteiger partial charge in [0.1, 0.15) is 0 Å². The Kier molecular flexibility index (Phi) is 4.74. The van der Waals surface area contributed by atoms with E-state index in [0.717, 1.165) is 6.42 Å². The minimum Gasteiger partial charge on any atom is -0.481 e.